The molecule has 0 unspecified atom stereocenters. The minimum Gasteiger partial charge on any atom is -0.477 e. The lowest BCUT2D eigenvalue weighted by atomic mass is 10.0. The average molecular weight is 458 g/mol. The lowest BCUT2D eigenvalue weighted by Gasteiger charge is -2.34. The van der Waals surface area contributed by atoms with Gasteiger partial charge in [0.15, 0.2) is 5.69 Å². The van der Waals surface area contributed by atoms with Crippen LogP contribution in [0.25, 0.3) is 10.9 Å². The fraction of sp³-hybridized carbons (Fsp3) is 0.238. The number of carbonyl (C=O) groups excluding carboxylic acids is 1. The van der Waals surface area contributed by atoms with E-state index in [4.69, 9.17) is 28.5 Å². The smallest absolute Gasteiger partial charge is 0.354 e. The number of H-pyrrole nitrogens is 1. The largest absolute Gasteiger partial charge is 0.477 e. The fourth-order valence-electron chi connectivity index (χ4n) is 3.74. The zero-order valence-electron chi connectivity index (χ0n) is 16.2. The zero-order valence-corrected chi connectivity index (χ0v) is 17.7. The van der Waals surface area contributed by atoms with Crippen molar-refractivity contribution in [2.45, 2.75) is 18.9 Å². The topological polar surface area (TPSA) is 122 Å². The summed E-state index contributed by atoms with van der Waals surface area (Å²) in [5.41, 5.74) is 1.54. The molecule has 0 radical (unpaired) electrons. The van der Waals surface area contributed by atoms with E-state index in [1.807, 2.05) is 24.3 Å². The van der Waals surface area contributed by atoms with Crippen LogP contribution in [0.3, 0.4) is 0 Å². The summed E-state index contributed by atoms with van der Waals surface area (Å²) in [5, 5.41) is 22.3. The number of anilines is 1. The van der Waals surface area contributed by atoms with Gasteiger partial charge in [-0.05, 0) is 25.0 Å². The van der Waals surface area contributed by atoms with Gasteiger partial charge in [-0.1, -0.05) is 41.4 Å². The van der Waals surface area contributed by atoms with Gasteiger partial charge in [-0.3, -0.25) is 4.79 Å². The molecule has 0 aliphatic carbocycles. The Bertz CT molecular complexity index is 1230. The number of carboxylic acids is 1. The Balaban J connectivity index is 1.49. The van der Waals surface area contributed by atoms with Crippen LogP contribution in [0.4, 0.5) is 5.69 Å². The van der Waals surface area contributed by atoms with Crippen molar-refractivity contribution < 1.29 is 14.7 Å². The van der Waals surface area contributed by atoms with E-state index in [9.17, 15) is 14.7 Å². The molecule has 1 fully saturated rings. The molecule has 1 saturated heterocycles. The minimum atomic E-state index is -1.08. The first-order valence-corrected chi connectivity index (χ1v) is 10.3. The van der Waals surface area contributed by atoms with Crippen molar-refractivity contribution in [3.05, 3.63) is 57.5 Å². The SMILES string of the molecule is N#Cc1[nH]c(C(=O)NC2CCN(c3cc(C(=O)O)nc4ccccc34)CC2)c(Cl)c1Cl. The summed E-state index contributed by atoms with van der Waals surface area (Å²) >= 11 is 12.0. The van der Waals surface area contributed by atoms with Gasteiger partial charge in [0.25, 0.3) is 5.91 Å². The molecule has 0 atom stereocenters. The van der Waals surface area contributed by atoms with E-state index in [1.165, 1.54) is 0 Å². The van der Waals surface area contributed by atoms with Gasteiger partial charge in [-0.15, -0.1) is 0 Å². The second-order valence-corrected chi connectivity index (χ2v) is 7.95. The highest BCUT2D eigenvalue weighted by molar-refractivity contribution is 6.44. The van der Waals surface area contributed by atoms with E-state index in [2.05, 4.69) is 20.2 Å². The van der Waals surface area contributed by atoms with Crippen molar-refractivity contribution in [1.82, 2.24) is 15.3 Å². The van der Waals surface area contributed by atoms with Gasteiger partial charge in [0.2, 0.25) is 0 Å². The number of hydrogen-bond acceptors (Lipinski definition) is 5. The highest BCUT2D eigenvalue weighted by Gasteiger charge is 2.26. The maximum absolute atomic E-state index is 12.6. The molecule has 0 bridgehead atoms. The van der Waals surface area contributed by atoms with Gasteiger partial charge in [0.05, 0.1) is 15.6 Å². The van der Waals surface area contributed by atoms with Gasteiger partial charge in [-0.25, -0.2) is 9.78 Å². The second kappa shape index (κ2) is 8.46. The Morgan fingerprint density at radius 1 is 1.23 bits per heavy atom. The Morgan fingerprint density at radius 2 is 1.94 bits per heavy atom. The summed E-state index contributed by atoms with van der Waals surface area (Å²) in [6.07, 6.45) is 1.31. The summed E-state index contributed by atoms with van der Waals surface area (Å²) in [6, 6.07) is 10.8. The van der Waals surface area contributed by atoms with Crippen LogP contribution in [-0.2, 0) is 0 Å². The van der Waals surface area contributed by atoms with Crippen LogP contribution < -0.4 is 10.2 Å². The lowest BCUT2D eigenvalue weighted by molar-refractivity contribution is 0.0690. The van der Waals surface area contributed by atoms with Gasteiger partial charge in [0, 0.05) is 30.2 Å². The molecule has 4 rings (SSSR count). The number of rotatable bonds is 4. The van der Waals surface area contributed by atoms with Gasteiger partial charge in [-0.2, -0.15) is 5.26 Å². The molecule has 2 aromatic heterocycles. The zero-order chi connectivity index (χ0) is 22.1. The Hall–Kier alpha value is -3.28. The van der Waals surface area contributed by atoms with Gasteiger partial charge >= 0.3 is 5.97 Å². The Morgan fingerprint density at radius 3 is 2.58 bits per heavy atom. The molecule has 158 valence electrons. The van der Waals surface area contributed by atoms with Crippen LogP contribution in [-0.4, -0.2) is 46.1 Å². The number of pyridine rings is 1. The van der Waals surface area contributed by atoms with Gasteiger partial charge < -0.3 is 20.3 Å². The molecular weight excluding hydrogens is 441 g/mol. The molecule has 3 N–H and O–H groups in total. The Labute approximate surface area is 187 Å². The number of piperidine rings is 1. The Kier molecular flexibility index (Phi) is 5.72. The molecule has 3 heterocycles. The summed E-state index contributed by atoms with van der Waals surface area (Å²) in [5.74, 6) is -1.50. The van der Waals surface area contributed by atoms with E-state index >= 15 is 0 Å². The van der Waals surface area contributed by atoms with Crippen molar-refractivity contribution in [2.24, 2.45) is 0 Å². The van der Waals surface area contributed by atoms with E-state index in [1.54, 1.807) is 12.1 Å². The predicted molar refractivity (Wildman–Crippen MR) is 117 cm³/mol. The molecule has 8 nitrogen and oxygen atoms in total. The number of aromatic nitrogens is 2. The number of amides is 1. The maximum Gasteiger partial charge on any atom is 0.354 e. The summed E-state index contributed by atoms with van der Waals surface area (Å²) in [4.78, 5) is 33.0. The lowest BCUT2D eigenvalue weighted by Crippen LogP contribution is -2.45. The third-order valence-electron chi connectivity index (χ3n) is 5.30. The van der Waals surface area contributed by atoms with Crippen LogP contribution in [0.5, 0.6) is 0 Å². The van der Waals surface area contributed by atoms with E-state index in [-0.39, 0.29) is 33.2 Å². The third-order valence-corrected chi connectivity index (χ3v) is 6.16. The van der Waals surface area contributed by atoms with E-state index in [0.29, 0.717) is 31.4 Å². The number of aromatic amines is 1. The predicted octanol–water partition coefficient (Wildman–Crippen LogP) is 3.84. The number of carboxylic acid groups (broad SMARTS) is 1. The van der Waals surface area contributed by atoms with E-state index < -0.39 is 11.9 Å². The first kappa shape index (κ1) is 21.0. The summed E-state index contributed by atoms with van der Waals surface area (Å²) in [7, 11) is 0. The molecule has 10 heteroatoms. The quantitative estimate of drug-likeness (QED) is 0.546. The first-order chi connectivity index (χ1) is 14.9. The number of halogens is 2. The van der Waals surface area contributed by atoms with Crippen LogP contribution in [0.1, 0.15) is 39.5 Å². The monoisotopic (exact) mass is 457 g/mol. The van der Waals surface area contributed by atoms with Crippen LogP contribution >= 0.6 is 23.2 Å². The van der Waals surface area contributed by atoms with Crippen molar-refractivity contribution in [2.75, 3.05) is 18.0 Å². The number of carbonyl (C=O) groups is 2. The third kappa shape index (κ3) is 4.02. The normalized spacial score (nSPS) is 14.4. The molecule has 0 spiro atoms. The molecule has 1 amide bonds. The average Bonchev–Trinajstić information content (AvgIpc) is 3.07. The highest BCUT2D eigenvalue weighted by Crippen LogP contribution is 2.31. The summed E-state index contributed by atoms with van der Waals surface area (Å²) in [6.45, 7) is 1.25. The maximum atomic E-state index is 12.6. The number of nitrogens with zero attached hydrogens (tertiary/aromatic N) is 3. The molecule has 3 aromatic rings. The van der Waals surface area contributed by atoms with Crippen LogP contribution in [0.15, 0.2) is 30.3 Å². The first-order valence-electron chi connectivity index (χ1n) is 9.55. The van der Waals surface area contributed by atoms with Crippen molar-refractivity contribution in [3.63, 3.8) is 0 Å². The fourth-order valence-corrected chi connectivity index (χ4v) is 4.15. The number of nitrogens with one attached hydrogen (secondary N) is 2. The van der Waals surface area contributed by atoms with Crippen molar-refractivity contribution in [3.8, 4) is 6.07 Å². The number of hydrogen-bond donors (Lipinski definition) is 3. The molecule has 31 heavy (non-hydrogen) atoms. The van der Waals surface area contributed by atoms with Crippen molar-refractivity contribution >= 4 is 51.7 Å². The number of nitriles is 1. The number of para-hydroxylation sites is 1. The van der Waals surface area contributed by atoms with Crippen LogP contribution in [0, 0.1) is 11.3 Å². The van der Waals surface area contributed by atoms with Gasteiger partial charge in [0.1, 0.15) is 17.5 Å². The number of fused-ring (bicyclic) bond motifs is 1. The molecule has 1 aliphatic rings. The minimum absolute atomic E-state index is 0.00399. The van der Waals surface area contributed by atoms with E-state index in [0.717, 1.165) is 11.1 Å². The van der Waals surface area contributed by atoms with Crippen LogP contribution in [0.2, 0.25) is 10.0 Å². The standard InChI is InChI=1S/C21H17Cl2N5O3/c22-17-15(10-24)27-19(18(17)23)20(29)25-11-5-7-28(8-6-11)16-9-14(21(30)31)26-13-4-2-1-3-12(13)16/h1-4,9,11,27H,5-8H2,(H,25,29)(H,30,31). The number of aromatic carboxylic acids is 1. The highest BCUT2D eigenvalue weighted by atomic mass is 35.5. The molecule has 1 aromatic carbocycles. The number of benzene rings is 1. The molecular formula is C21H17Cl2N5O3. The second-order valence-electron chi connectivity index (χ2n) is 7.20. The van der Waals surface area contributed by atoms with Crippen molar-refractivity contribution in [1.29, 1.82) is 5.26 Å². The molecule has 1 aliphatic heterocycles. The molecule has 0 saturated carbocycles. The summed E-state index contributed by atoms with van der Waals surface area (Å²) < 4.78 is 0.